The molecule has 6 aromatic carbocycles. The molecule has 0 radical (unpaired) electrons. The highest BCUT2D eigenvalue weighted by atomic mass is 79.9. The molecule has 0 saturated heterocycles. The molecule has 3 heterocycles. The van der Waals surface area contributed by atoms with Crippen molar-refractivity contribution < 1.29 is 43.1 Å². The second-order valence-corrected chi connectivity index (χ2v) is 17.4. The molecule has 0 spiro atoms. The number of hydrazone groups is 3. The summed E-state index contributed by atoms with van der Waals surface area (Å²) >= 11 is 6.56. The number of rotatable bonds is 15. The molecule has 9 nitrogen and oxygen atoms in total. The summed E-state index contributed by atoms with van der Waals surface area (Å²) in [6, 6.07) is 61.9. The molecule has 0 bridgehead atoms. The van der Waals surface area contributed by atoms with Crippen LogP contribution < -0.4 is 58.1 Å². The number of hydrogen-bond acceptors (Lipinski definition) is 7. The Labute approximate surface area is 450 Å². The maximum Gasteiger partial charge on any atom is 0.213 e. The number of nitrogens with zero attached hydrogens (tertiary/aromatic N) is 9. The smallest absolute Gasteiger partial charge is 0.213 e. The van der Waals surface area contributed by atoms with Crippen LogP contribution in [-0.2, 0) is 13.1 Å². The van der Waals surface area contributed by atoms with Gasteiger partial charge in [0.1, 0.15) is 0 Å². The Balaban J connectivity index is 0.000000281. The van der Waals surface area contributed by atoms with Crippen molar-refractivity contribution >= 4 is 100 Å². The first kappa shape index (κ1) is 54.8. The lowest BCUT2D eigenvalue weighted by atomic mass is 10.1. The fourth-order valence-corrected chi connectivity index (χ4v) is 8.82. The van der Waals surface area contributed by atoms with Crippen LogP contribution in [0, 0.1) is 0 Å². The van der Waals surface area contributed by atoms with E-state index in [0.717, 1.165) is 74.8 Å². The minimum absolute atomic E-state index is 0. The van der Waals surface area contributed by atoms with Crippen molar-refractivity contribution in [2.45, 2.75) is 25.9 Å². The van der Waals surface area contributed by atoms with E-state index < -0.39 is 0 Å². The Morgan fingerprint density at radius 2 is 0.786 bits per heavy atom. The van der Waals surface area contributed by atoms with Crippen LogP contribution in [0.3, 0.4) is 0 Å². The van der Waals surface area contributed by atoms with Crippen LogP contribution in [0.1, 0.15) is 29.5 Å². The monoisotopic (exact) mass is 1180 g/mol. The molecule has 70 heavy (non-hydrogen) atoms. The van der Waals surface area contributed by atoms with Crippen LogP contribution in [0.25, 0.3) is 32.7 Å². The van der Waals surface area contributed by atoms with Gasteiger partial charge < -0.3 is 34.0 Å². The number of para-hydroxylation sites is 6. The predicted molar refractivity (Wildman–Crippen MR) is 294 cm³/mol. The van der Waals surface area contributed by atoms with E-state index in [1.54, 1.807) is 0 Å². The molecule has 0 unspecified atom stereocenters. The molecule has 0 amide bonds. The van der Waals surface area contributed by atoms with Gasteiger partial charge in [-0.1, -0.05) is 129 Å². The number of fused-ring (bicyclic) bond motifs is 3. The first-order chi connectivity index (χ1) is 33.4. The minimum atomic E-state index is 0. The molecule has 0 aliphatic carbocycles. The summed E-state index contributed by atoms with van der Waals surface area (Å²) < 4.78 is 4.69. The molecule has 0 fully saturated rings. The van der Waals surface area contributed by atoms with Gasteiger partial charge in [0.25, 0.3) is 0 Å². The molecule has 13 heteroatoms. The highest BCUT2D eigenvalue weighted by molar-refractivity contribution is 9.09. The highest BCUT2D eigenvalue weighted by Crippen LogP contribution is 2.19. The van der Waals surface area contributed by atoms with Crippen molar-refractivity contribution in [3.8, 4) is 0 Å². The SMILES string of the molecule is BrCCCBr.CN(/N=C/c1cc[n+](CCC[n+]2ccc(/C=N/N(C)c3ccccc3)c3ccccc32)c2ccccc12)c1ccccc1.CN(/N=C/c1ccnc2ccccc12)c1ccccc1.[Br-].[Br-]. The topological polar surface area (TPSA) is 67.5 Å². The van der Waals surface area contributed by atoms with E-state index in [2.05, 4.69) is 154 Å². The zero-order valence-electron chi connectivity index (χ0n) is 39.6. The number of aromatic nitrogens is 3. The van der Waals surface area contributed by atoms with Crippen molar-refractivity contribution in [2.75, 3.05) is 46.8 Å². The van der Waals surface area contributed by atoms with Gasteiger partial charge in [-0.05, 0) is 67.1 Å². The minimum Gasteiger partial charge on any atom is -1.00 e. The molecule has 0 atom stereocenters. The van der Waals surface area contributed by atoms with Crippen LogP contribution in [-0.4, -0.2) is 55.4 Å². The summed E-state index contributed by atoms with van der Waals surface area (Å²) in [7, 11) is 5.89. The number of hydrogen-bond donors (Lipinski definition) is 0. The summed E-state index contributed by atoms with van der Waals surface area (Å²) in [4.78, 5) is 4.35. The number of alkyl halides is 2. The largest absolute Gasteiger partial charge is 1.00 e. The average Bonchev–Trinajstić information content (AvgIpc) is 3.40. The number of aryl methyl sites for hydroxylation is 2. The molecule has 358 valence electrons. The van der Waals surface area contributed by atoms with Crippen molar-refractivity contribution in [3.05, 3.63) is 217 Å². The fourth-order valence-electron chi connectivity index (χ4n) is 7.50. The summed E-state index contributed by atoms with van der Waals surface area (Å²) in [6.07, 6.45) is 14.2. The number of benzene rings is 6. The third-order valence-corrected chi connectivity index (χ3v) is 12.3. The Morgan fingerprint density at radius 3 is 1.19 bits per heavy atom. The third kappa shape index (κ3) is 15.4. The first-order valence-corrected chi connectivity index (χ1v) is 24.9. The van der Waals surface area contributed by atoms with E-state index in [0.29, 0.717) is 0 Å². The predicted octanol–water partition coefficient (Wildman–Crippen LogP) is 6.48. The van der Waals surface area contributed by atoms with Crippen molar-refractivity contribution in [1.29, 1.82) is 0 Å². The van der Waals surface area contributed by atoms with Gasteiger partial charge >= 0.3 is 0 Å². The van der Waals surface area contributed by atoms with Gasteiger partial charge in [-0.2, -0.15) is 24.4 Å². The van der Waals surface area contributed by atoms with Crippen LogP contribution in [0.2, 0.25) is 0 Å². The van der Waals surface area contributed by atoms with E-state index in [9.17, 15) is 0 Å². The fraction of sp³-hybridized carbons (Fsp3) is 0.158. The molecular formula is C57H57Br4N9. The van der Waals surface area contributed by atoms with E-state index in [1.165, 1.54) is 28.2 Å². The number of pyridine rings is 3. The van der Waals surface area contributed by atoms with Crippen LogP contribution in [0.5, 0.6) is 0 Å². The van der Waals surface area contributed by atoms with E-state index in [1.807, 2.05) is 152 Å². The van der Waals surface area contributed by atoms with Crippen LogP contribution in [0.4, 0.5) is 17.1 Å². The van der Waals surface area contributed by atoms with Gasteiger partial charge in [0.2, 0.25) is 11.0 Å². The van der Waals surface area contributed by atoms with Gasteiger partial charge in [-0.25, -0.2) is 0 Å². The lowest BCUT2D eigenvalue weighted by Gasteiger charge is -2.12. The molecular weight excluding hydrogens is 1130 g/mol. The molecule has 3 aromatic heterocycles. The lowest BCUT2D eigenvalue weighted by molar-refractivity contribution is -0.702. The zero-order chi connectivity index (χ0) is 47.3. The van der Waals surface area contributed by atoms with E-state index >= 15 is 0 Å². The number of anilines is 3. The summed E-state index contributed by atoms with van der Waals surface area (Å²) in [5, 5.41) is 25.3. The highest BCUT2D eigenvalue weighted by Gasteiger charge is 2.16. The molecule has 9 rings (SSSR count). The third-order valence-electron chi connectivity index (χ3n) is 11.2. The Kier molecular flexibility index (Phi) is 22.8. The van der Waals surface area contributed by atoms with E-state index in [-0.39, 0.29) is 34.0 Å². The maximum atomic E-state index is 4.70. The second kappa shape index (κ2) is 29.2. The summed E-state index contributed by atoms with van der Waals surface area (Å²) in [6.45, 7) is 1.82. The summed E-state index contributed by atoms with van der Waals surface area (Å²) in [5.74, 6) is 0. The van der Waals surface area contributed by atoms with Gasteiger partial charge in [0.15, 0.2) is 25.5 Å². The molecule has 0 saturated carbocycles. The normalized spacial score (nSPS) is 10.9. The van der Waals surface area contributed by atoms with Crippen molar-refractivity contribution in [3.63, 3.8) is 0 Å². The Bertz CT molecular complexity index is 2920. The quantitative estimate of drug-likeness (QED) is 0.0511. The second-order valence-electron chi connectivity index (χ2n) is 15.8. The zero-order valence-corrected chi connectivity index (χ0v) is 45.9. The van der Waals surface area contributed by atoms with Crippen molar-refractivity contribution in [2.24, 2.45) is 15.3 Å². The van der Waals surface area contributed by atoms with E-state index in [4.69, 9.17) is 10.2 Å². The molecule has 0 aliphatic heterocycles. The van der Waals surface area contributed by atoms with Gasteiger partial charge in [-0.3, -0.25) is 20.0 Å². The van der Waals surface area contributed by atoms with Gasteiger partial charge in [0.05, 0.1) is 58.4 Å². The number of halogens is 4. The van der Waals surface area contributed by atoms with Gasteiger partial charge in [-0.15, -0.1) is 0 Å². The Morgan fingerprint density at radius 1 is 0.429 bits per heavy atom. The molecule has 9 aromatic rings. The van der Waals surface area contributed by atoms with Gasteiger partial charge in [0, 0.05) is 84.3 Å². The average molecular weight is 1190 g/mol. The lowest BCUT2D eigenvalue weighted by Crippen LogP contribution is -3.00. The van der Waals surface area contributed by atoms with Crippen LogP contribution >= 0.6 is 31.9 Å². The first-order valence-electron chi connectivity index (χ1n) is 22.7. The molecule has 0 aliphatic rings. The standard InChI is InChI=1S/C37H36N6.C17H15N3.C3H6Br2.2BrH/c1-40(32-14-5-3-6-15-32)38-28-30-22-26-42(36-20-11-9-18-34(30)36)24-13-25-43-27-23-31(35-19-10-12-21-37(35)43)29-39-41(2)33-16-7-4-8-17-33;1-20(15-7-3-2-4-8-15)19-13-14-11-12-18-17-10-6-5-9-16(14)17;4-2-1-3-5;;/h3-12,14-23,26-29H,13,24-25H2,1-2H3;2-13H,1H3;1-3H2;2*1H/q+2;;;;/p-2/b;19-13+;;;. The van der Waals surface area contributed by atoms with Crippen molar-refractivity contribution in [1.82, 2.24) is 4.98 Å². The molecule has 0 N–H and O–H groups in total. The van der Waals surface area contributed by atoms with Crippen LogP contribution in [0.15, 0.2) is 216 Å². The Hall–Kier alpha value is -6.12. The summed E-state index contributed by atoms with van der Waals surface area (Å²) in [5.41, 5.74) is 9.84. The maximum absolute atomic E-state index is 4.70.